The maximum Gasteiger partial charge on any atom is 0.312 e. The van der Waals surface area contributed by atoms with E-state index in [1.54, 1.807) is 17.9 Å². The Morgan fingerprint density at radius 1 is 1.30 bits per heavy atom. The van der Waals surface area contributed by atoms with Gasteiger partial charge in [0.1, 0.15) is 17.6 Å². The van der Waals surface area contributed by atoms with Crippen LogP contribution < -0.4 is 0 Å². The molecule has 8 heteroatoms. The van der Waals surface area contributed by atoms with Gasteiger partial charge in [0.05, 0.1) is 18.1 Å². The number of fused-ring (bicyclic) bond motifs is 1. The Kier molecular flexibility index (Phi) is 6.87. The third-order valence-electron chi connectivity index (χ3n) is 8.23. The van der Waals surface area contributed by atoms with Crippen molar-refractivity contribution in [2.45, 2.75) is 88.5 Å². The molecule has 0 radical (unpaired) electrons. The summed E-state index contributed by atoms with van der Waals surface area (Å²) in [6.07, 6.45) is 8.47. The lowest BCUT2D eigenvalue weighted by molar-refractivity contribution is -0.160. The van der Waals surface area contributed by atoms with Crippen molar-refractivity contribution in [2.75, 3.05) is 26.3 Å². The summed E-state index contributed by atoms with van der Waals surface area (Å²) in [5.41, 5.74) is -1.85. The summed E-state index contributed by atoms with van der Waals surface area (Å²) in [5, 5.41) is 9.47. The van der Waals surface area contributed by atoms with Crippen molar-refractivity contribution in [3.8, 4) is 0 Å². The highest BCUT2D eigenvalue weighted by molar-refractivity contribution is 5.98. The Labute approximate surface area is 196 Å². The molecule has 1 aliphatic carbocycles. The summed E-state index contributed by atoms with van der Waals surface area (Å²) in [5.74, 6) is -2.24. The van der Waals surface area contributed by atoms with Gasteiger partial charge in [-0.2, -0.15) is 0 Å². The standard InChI is InChI=1S/C25H38N2O6/c1-4-14-26(17-10-7-6-8-11-17)22(30)20-25-13-12-24(3,33-25)19(23(31)32-5-2)18(25)21(29)27(20)15-9-16-28/h4,17-20,28H,1,5-16H2,2-3H3/t18-,19-,20?,24+,25?/m0/s1. The van der Waals surface area contributed by atoms with Crippen LogP contribution in [0.15, 0.2) is 12.7 Å². The predicted molar refractivity (Wildman–Crippen MR) is 121 cm³/mol. The first-order chi connectivity index (χ1) is 15.8. The molecule has 8 nitrogen and oxygen atoms in total. The number of aliphatic hydroxyl groups excluding tert-OH is 1. The number of amides is 2. The molecule has 0 aromatic heterocycles. The van der Waals surface area contributed by atoms with Crippen LogP contribution in [0.4, 0.5) is 0 Å². The van der Waals surface area contributed by atoms with Crippen LogP contribution >= 0.6 is 0 Å². The number of hydrogen-bond donors (Lipinski definition) is 1. The van der Waals surface area contributed by atoms with Gasteiger partial charge in [-0.1, -0.05) is 25.3 Å². The molecule has 4 aliphatic rings. The van der Waals surface area contributed by atoms with Gasteiger partial charge in [0, 0.05) is 25.7 Å². The van der Waals surface area contributed by atoms with Crippen LogP contribution in [-0.4, -0.2) is 82.3 Å². The van der Waals surface area contributed by atoms with Crippen LogP contribution in [0.1, 0.15) is 65.2 Å². The second-order valence-electron chi connectivity index (χ2n) is 10.2. The van der Waals surface area contributed by atoms with Crippen molar-refractivity contribution in [2.24, 2.45) is 11.8 Å². The second-order valence-corrected chi connectivity index (χ2v) is 10.2. The number of hydrogen-bond acceptors (Lipinski definition) is 6. The SMILES string of the molecule is C=CCN(C(=O)C1N(CCCO)C(=O)[C@@H]2[C@@H](C(=O)OCC)[C@@]3(C)CCC12O3)C1CCCCC1. The fraction of sp³-hybridized carbons (Fsp3) is 0.800. The molecule has 4 fully saturated rings. The molecule has 0 aromatic carbocycles. The number of carbonyl (C=O) groups is 3. The monoisotopic (exact) mass is 462 g/mol. The fourth-order valence-corrected chi connectivity index (χ4v) is 6.88. The largest absolute Gasteiger partial charge is 0.466 e. The minimum Gasteiger partial charge on any atom is -0.466 e. The van der Waals surface area contributed by atoms with E-state index in [1.165, 1.54) is 6.42 Å². The number of ether oxygens (including phenoxy) is 2. The summed E-state index contributed by atoms with van der Waals surface area (Å²) in [7, 11) is 0. The van der Waals surface area contributed by atoms with Gasteiger partial charge >= 0.3 is 5.97 Å². The molecule has 33 heavy (non-hydrogen) atoms. The second kappa shape index (κ2) is 9.37. The molecular formula is C25H38N2O6. The van der Waals surface area contributed by atoms with E-state index < -0.39 is 35.0 Å². The van der Waals surface area contributed by atoms with Crippen molar-refractivity contribution in [1.29, 1.82) is 0 Å². The van der Waals surface area contributed by atoms with Crippen molar-refractivity contribution < 1.29 is 29.0 Å². The topological polar surface area (TPSA) is 96.4 Å². The van der Waals surface area contributed by atoms with E-state index in [2.05, 4.69) is 6.58 Å². The molecule has 2 unspecified atom stereocenters. The van der Waals surface area contributed by atoms with Crippen LogP contribution in [0.5, 0.6) is 0 Å². The Hall–Kier alpha value is -1.93. The van der Waals surface area contributed by atoms with Gasteiger partial charge in [0.2, 0.25) is 11.8 Å². The van der Waals surface area contributed by atoms with E-state index in [-0.39, 0.29) is 37.6 Å². The Bertz CT molecular complexity index is 796. The third kappa shape index (κ3) is 3.79. The summed E-state index contributed by atoms with van der Waals surface area (Å²) in [6, 6.07) is -0.686. The number of esters is 1. The molecule has 184 valence electrons. The summed E-state index contributed by atoms with van der Waals surface area (Å²) >= 11 is 0. The molecule has 5 atom stereocenters. The maximum absolute atomic E-state index is 14.2. The van der Waals surface area contributed by atoms with Gasteiger partial charge in [0.15, 0.2) is 0 Å². The first kappa shape index (κ1) is 24.2. The quantitative estimate of drug-likeness (QED) is 0.416. The number of aliphatic hydroxyl groups is 1. The van der Waals surface area contributed by atoms with E-state index in [0.717, 1.165) is 25.7 Å². The molecular weight excluding hydrogens is 424 g/mol. The number of likely N-dealkylation sites (tertiary alicyclic amines) is 1. The number of carbonyl (C=O) groups excluding carboxylic acids is 3. The average molecular weight is 463 g/mol. The maximum atomic E-state index is 14.2. The normalized spacial score (nSPS) is 35.5. The van der Waals surface area contributed by atoms with Crippen molar-refractivity contribution >= 4 is 17.8 Å². The molecule has 1 spiro atoms. The summed E-state index contributed by atoms with van der Waals surface area (Å²) in [6.45, 7) is 8.31. The van der Waals surface area contributed by atoms with E-state index in [9.17, 15) is 19.5 Å². The molecule has 2 amide bonds. The van der Waals surface area contributed by atoms with Gasteiger partial charge in [-0.15, -0.1) is 6.58 Å². The van der Waals surface area contributed by atoms with E-state index in [4.69, 9.17) is 9.47 Å². The Morgan fingerprint density at radius 2 is 2.03 bits per heavy atom. The van der Waals surface area contributed by atoms with Crippen LogP contribution in [-0.2, 0) is 23.9 Å². The highest BCUT2D eigenvalue weighted by Gasteiger charge is 2.78. The molecule has 3 aliphatic heterocycles. The van der Waals surface area contributed by atoms with Crippen LogP contribution in [0, 0.1) is 11.8 Å². The van der Waals surface area contributed by atoms with E-state index >= 15 is 0 Å². The van der Waals surface area contributed by atoms with Crippen LogP contribution in [0.3, 0.4) is 0 Å². The molecule has 1 N–H and O–H groups in total. The van der Waals surface area contributed by atoms with Gasteiger partial charge in [0.25, 0.3) is 0 Å². The fourth-order valence-electron chi connectivity index (χ4n) is 6.88. The zero-order chi connectivity index (χ0) is 23.8. The lowest BCUT2D eigenvalue weighted by Gasteiger charge is -2.40. The van der Waals surface area contributed by atoms with Crippen molar-refractivity contribution in [3.63, 3.8) is 0 Å². The predicted octanol–water partition coefficient (Wildman–Crippen LogP) is 2.04. The van der Waals surface area contributed by atoms with E-state index in [1.807, 2.05) is 11.8 Å². The summed E-state index contributed by atoms with van der Waals surface area (Å²) < 4.78 is 11.9. The number of rotatable bonds is 9. The lowest BCUT2D eigenvalue weighted by atomic mass is 9.66. The zero-order valence-electron chi connectivity index (χ0n) is 20.0. The minimum atomic E-state index is -1.04. The minimum absolute atomic E-state index is 0.0821. The Morgan fingerprint density at radius 3 is 2.67 bits per heavy atom. The third-order valence-corrected chi connectivity index (χ3v) is 8.23. The first-order valence-electron chi connectivity index (χ1n) is 12.5. The zero-order valence-corrected chi connectivity index (χ0v) is 20.0. The molecule has 3 heterocycles. The highest BCUT2D eigenvalue weighted by Crippen LogP contribution is 2.63. The summed E-state index contributed by atoms with van der Waals surface area (Å²) in [4.78, 5) is 44.4. The van der Waals surface area contributed by atoms with Gasteiger partial charge in [-0.25, -0.2) is 0 Å². The van der Waals surface area contributed by atoms with Gasteiger partial charge in [-0.05, 0) is 46.0 Å². The van der Waals surface area contributed by atoms with Gasteiger partial charge < -0.3 is 24.4 Å². The van der Waals surface area contributed by atoms with Gasteiger partial charge in [-0.3, -0.25) is 14.4 Å². The lowest BCUT2D eigenvalue weighted by Crippen LogP contribution is -2.58. The van der Waals surface area contributed by atoms with Crippen LogP contribution in [0.25, 0.3) is 0 Å². The van der Waals surface area contributed by atoms with Crippen molar-refractivity contribution in [1.82, 2.24) is 9.80 Å². The molecule has 0 aromatic rings. The van der Waals surface area contributed by atoms with E-state index in [0.29, 0.717) is 25.8 Å². The van der Waals surface area contributed by atoms with Crippen molar-refractivity contribution in [3.05, 3.63) is 12.7 Å². The molecule has 2 bridgehead atoms. The molecule has 4 rings (SSSR count). The van der Waals surface area contributed by atoms with Crippen LogP contribution in [0.2, 0.25) is 0 Å². The highest BCUT2D eigenvalue weighted by atomic mass is 16.6. The smallest absolute Gasteiger partial charge is 0.312 e. The average Bonchev–Trinajstić information content (AvgIpc) is 3.37. The molecule has 3 saturated heterocycles. The number of nitrogens with zero attached hydrogens (tertiary/aromatic N) is 2. The Balaban J connectivity index is 1.73. The first-order valence-corrected chi connectivity index (χ1v) is 12.5. The molecule has 1 saturated carbocycles.